The number of carbonyl (C=O) groups excluding carboxylic acids is 2. The molecule has 2 rings (SSSR count). The highest BCUT2D eigenvalue weighted by Crippen LogP contribution is 2.24. The number of sulfonamides is 1. The molecule has 34 heavy (non-hydrogen) atoms. The fourth-order valence-corrected chi connectivity index (χ4v) is 4.71. The molecule has 0 heterocycles. The van der Waals surface area contributed by atoms with Crippen LogP contribution in [0, 0.1) is 0 Å². The van der Waals surface area contributed by atoms with E-state index in [0.29, 0.717) is 29.2 Å². The van der Waals surface area contributed by atoms with Gasteiger partial charge in [-0.1, -0.05) is 62.7 Å². The van der Waals surface area contributed by atoms with Crippen molar-refractivity contribution in [3.63, 3.8) is 0 Å². The molecule has 0 saturated carbocycles. The summed E-state index contributed by atoms with van der Waals surface area (Å²) in [5, 5.41) is 3.23. The highest BCUT2D eigenvalue weighted by atomic mass is 35.5. The molecule has 7 nitrogen and oxygen atoms in total. The predicted octanol–water partition coefficient (Wildman–Crippen LogP) is 4.17. The molecule has 2 aromatic rings. The highest BCUT2D eigenvalue weighted by molar-refractivity contribution is 7.92. The summed E-state index contributed by atoms with van der Waals surface area (Å²) in [6.45, 7) is 7.78. The number of anilines is 1. The van der Waals surface area contributed by atoms with Crippen molar-refractivity contribution >= 4 is 39.1 Å². The fraction of sp³-hybridized carbons (Fsp3) is 0.440. The summed E-state index contributed by atoms with van der Waals surface area (Å²) in [7, 11) is -3.76. The van der Waals surface area contributed by atoms with Crippen LogP contribution in [0.5, 0.6) is 0 Å². The second-order valence-electron chi connectivity index (χ2n) is 8.45. The van der Waals surface area contributed by atoms with E-state index in [1.54, 1.807) is 43.3 Å². The third kappa shape index (κ3) is 7.21. The molecule has 0 aliphatic carbocycles. The number of halogens is 1. The van der Waals surface area contributed by atoms with Gasteiger partial charge in [0.2, 0.25) is 21.8 Å². The predicted molar refractivity (Wildman–Crippen MR) is 137 cm³/mol. The topological polar surface area (TPSA) is 86.8 Å². The van der Waals surface area contributed by atoms with Gasteiger partial charge in [0.1, 0.15) is 12.6 Å². The van der Waals surface area contributed by atoms with E-state index in [2.05, 4.69) is 5.32 Å². The molecule has 2 aromatic carbocycles. The zero-order valence-electron chi connectivity index (χ0n) is 20.4. The minimum atomic E-state index is -3.76. The molecule has 0 fully saturated rings. The summed E-state index contributed by atoms with van der Waals surface area (Å²) in [6, 6.07) is 13.4. The van der Waals surface area contributed by atoms with E-state index in [1.807, 2.05) is 32.9 Å². The van der Waals surface area contributed by atoms with Crippen molar-refractivity contribution in [1.82, 2.24) is 10.2 Å². The van der Waals surface area contributed by atoms with Crippen molar-refractivity contribution in [3.8, 4) is 0 Å². The first kappa shape index (κ1) is 27.7. The standard InChI is InChI=1S/C25H34ClN3O4S/c1-6-23(25(31)27-7-2)28(16-20-10-8-9-11-22(20)26)24(30)17-29(34(5,32)33)21-14-12-19(13-15-21)18(3)4/h8-15,18,23H,6-7,16-17H2,1-5H3,(H,27,31). The average Bonchev–Trinajstić information content (AvgIpc) is 2.78. The third-order valence-electron chi connectivity index (χ3n) is 5.56. The van der Waals surface area contributed by atoms with Gasteiger partial charge in [-0.05, 0) is 48.6 Å². The van der Waals surface area contributed by atoms with E-state index in [9.17, 15) is 18.0 Å². The number of amides is 2. The van der Waals surface area contributed by atoms with Crippen molar-refractivity contribution in [2.45, 2.75) is 52.6 Å². The first-order valence-electron chi connectivity index (χ1n) is 11.4. The Balaban J connectivity index is 2.44. The monoisotopic (exact) mass is 507 g/mol. The largest absolute Gasteiger partial charge is 0.355 e. The van der Waals surface area contributed by atoms with E-state index in [4.69, 9.17) is 11.6 Å². The molecule has 1 N–H and O–H groups in total. The van der Waals surface area contributed by atoms with E-state index in [1.165, 1.54) is 4.90 Å². The molecule has 1 unspecified atom stereocenters. The Hall–Kier alpha value is -2.58. The number of nitrogens with one attached hydrogen (secondary N) is 1. The molecular weight excluding hydrogens is 474 g/mol. The maximum absolute atomic E-state index is 13.6. The van der Waals surface area contributed by atoms with Crippen LogP contribution < -0.4 is 9.62 Å². The van der Waals surface area contributed by atoms with E-state index < -0.39 is 28.5 Å². The number of rotatable bonds is 11. The summed E-state index contributed by atoms with van der Waals surface area (Å²) in [6.07, 6.45) is 1.43. The Bertz CT molecular complexity index is 1090. The first-order chi connectivity index (χ1) is 16.0. The minimum absolute atomic E-state index is 0.0814. The summed E-state index contributed by atoms with van der Waals surface area (Å²) < 4.78 is 26.4. The molecular formula is C25H34ClN3O4S. The molecule has 186 valence electrons. The number of carbonyl (C=O) groups is 2. The fourth-order valence-electron chi connectivity index (χ4n) is 3.66. The van der Waals surface area contributed by atoms with Crippen molar-refractivity contribution < 1.29 is 18.0 Å². The Morgan fingerprint density at radius 2 is 1.65 bits per heavy atom. The molecule has 0 saturated heterocycles. The van der Waals surface area contributed by atoms with Crippen LogP contribution in [-0.4, -0.2) is 50.5 Å². The van der Waals surface area contributed by atoms with E-state index >= 15 is 0 Å². The Morgan fingerprint density at radius 3 is 2.15 bits per heavy atom. The summed E-state index contributed by atoms with van der Waals surface area (Å²) in [5.74, 6) is -0.496. The van der Waals surface area contributed by atoms with Gasteiger partial charge in [0, 0.05) is 18.1 Å². The molecule has 0 radical (unpaired) electrons. The summed E-state index contributed by atoms with van der Waals surface area (Å²) >= 11 is 6.33. The lowest BCUT2D eigenvalue weighted by molar-refractivity contribution is -0.140. The molecule has 2 amide bonds. The maximum Gasteiger partial charge on any atom is 0.244 e. The summed E-state index contributed by atoms with van der Waals surface area (Å²) in [5.41, 5.74) is 2.13. The zero-order chi connectivity index (χ0) is 25.5. The lowest BCUT2D eigenvalue weighted by atomic mass is 10.0. The van der Waals surface area contributed by atoms with Crippen LogP contribution >= 0.6 is 11.6 Å². The maximum atomic E-state index is 13.6. The van der Waals surface area contributed by atoms with Crippen LogP contribution in [0.15, 0.2) is 48.5 Å². The van der Waals surface area contributed by atoms with Gasteiger partial charge in [-0.25, -0.2) is 8.42 Å². The molecule has 0 bridgehead atoms. The molecule has 0 aliphatic rings. The van der Waals surface area contributed by atoms with E-state index in [0.717, 1.165) is 16.1 Å². The Morgan fingerprint density at radius 1 is 1.03 bits per heavy atom. The SMILES string of the molecule is CCNC(=O)C(CC)N(Cc1ccccc1Cl)C(=O)CN(c1ccc(C(C)C)cc1)S(C)(=O)=O. The molecule has 1 atom stereocenters. The third-order valence-corrected chi connectivity index (χ3v) is 7.07. The second kappa shape index (κ2) is 12.2. The second-order valence-corrected chi connectivity index (χ2v) is 10.8. The van der Waals surface area contributed by atoms with Crippen LogP contribution in [0.3, 0.4) is 0 Å². The van der Waals surface area contributed by atoms with Gasteiger partial charge in [-0.3, -0.25) is 13.9 Å². The van der Waals surface area contributed by atoms with Crippen molar-refractivity contribution in [3.05, 3.63) is 64.7 Å². The number of nitrogens with zero attached hydrogens (tertiary/aromatic N) is 2. The number of benzene rings is 2. The van der Waals surface area contributed by atoms with Gasteiger partial charge < -0.3 is 10.2 Å². The molecule has 0 aliphatic heterocycles. The van der Waals surface area contributed by atoms with Crippen LogP contribution in [0.2, 0.25) is 5.02 Å². The van der Waals surface area contributed by atoms with Gasteiger partial charge in [-0.15, -0.1) is 0 Å². The smallest absolute Gasteiger partial charge is 0.244 e. The number of hydrogen-bond donors (Lipinski definition) is 1. The van der Waals surface area contributed by atoms with Crippen LogP contribution in [-0.2, 0) is 26.2 Å². The van der Waals surface area contributed by atoms with Crippen LogP contribution in [0.25, 0.3) is 0 Å². The first-order valence-corrected chi connectivity index (χ1v) is 13.6. The van der Waals surface area contributed by atoms with Gasteiger partial charge in [-0.2, -0.15) is 0 Å². The number of hydrogen-bond acceptors (Lipinski definition) is 4. The van der Waals surface area contributed by atoms with Gasteiger partial charge >= 0.3 is 0 Å². The minimum Gasteiger partial charge on any atom is -0.355 e. The van der Waals surface area contributed by atoms with Crippen molar-refractivity contribution in [2.75, 3.05) is 23.7 Å². The Kier molecular flexibility index (Phi) is 9.94. The quantitative estimate of drug-likeness (QED) is 0.494. The van der Waals surface area contributed by atoms with Gasteiger partial charge in [0.25, 0.3) is 0 Å². The van der Waals surface area contributed by atoms with Crippen molar-refractivity contribution in [1.29, 1.82) is 0 Å². The molecule has 0 spiro atoms. The van der Waals surface area contributed by atoms with E-state index in [-0.39, 0.29) is 18.4 Å². The molecule has 0 aromatic heterocycles. The lowest BCUT2D eigenvalue weighted by Gasteiger charge is -2.33. The van der Waals surface area contributed by atoms with Gasteiger partial charge in [0.05, 0.1) is 11.9 Å². The lowest BCUT2D eigenvalue weighted by Crippen LogP contribution is -2.52. The Labute approximate surface area is 208 Å². The summed E-state index contributed by atoms with van der Waals surface area (Å²) in [4.78, 5) is 27.8. The highest BCUT2D eigenvalue weighted by Gasteiger charge is 2.31. The van der Waals surface area contributed by atoms with Crippen molar-refractivity contribution in [2.24, 2.45) is 0 Å². The average molecular weight is 508 g/mol. The number of likely N-dealkylation sites (N-methyl/N-ethyl adjacent to an activating group) is 1. The van der Waals surface area contributed by atoms with Crippen LogP contribution in [0.4, 0.5) is 5.69 Å². The van der Waals surface area contributed by atoms with Crippen LogP contribution in [0.1, 0.15) is 51.2 Å². The van der Waals surface area contributed by atoms with Gasteiger partial charge in [0.15, 0.2) is 0 Å². The zero-order valence-corrected chi connectivity index (χ0v) is 22.0. The normalized spacial score (nSPS) is 12.3. The molecule has 9 heteroatoms.